The second-order valence-electron chi connectivity index (χ2n) is 4.34. The number of rotatable bonds is 4. The van der Waals surface area contributed by atoms with E-state index in [4.69, 9.17) is 9.84 Å². The molecule has 3 nitrogen and oxygen atoms in total. The van der Waals surface area contributed by atoms with Gasteiger partial charge in [0, 0.05) is 18.2 Å². The second kappa shape index (κ2) is 5.69. The molecule has 0 fully saturated rings. The fourth-order valence-electron chi connectivity index (χ4n) is 1.76. The highest BCUT2D eigenvalue weighted by Crippen LogP contribution is 2.18. The summed E-state index contributed by atoms with van der Waals surface area (Å²) in [6.07, 6.45) is 0. The Bertz CT molecular complexity index is 633. The van der Waals surface area contributed by atoms with Gasteiger partial charge in [0.05, 0.1) is 5.56 Å². The third kappa shape index (κ3) is 3.32. The van der Waals surface area contributed by atoms with Crippen molar-refractivity contribution in [2.24, 2.45) is 0 Å². The van der Waals surface area contributed by atoms with Crippen molar-refractivity contribution < 1.29 is 23.4 Å². The maximum Gasteiger partial charge on any atom is 0.335 e. The zero-order valence-electron chi connectivity index (χ0n) is 10.7. The summed E-state index contributed by atoms with van der Waals surface area (Å²) in [4.78, 5) is 10.8. The Labute approximate surface area is 114 Å². The molecule has 0 radical (unpaired) electrons. The summed E-state index contributed by atoms with van der Waals surface area (Å²) in [5.41, 5.74) is 1.67. The normalized spacial score (nSPS) is 10.3. The molecule has 0 bridgehead atoms. The van der Waals surface area contributed by atoms with Crippen LogP contribution < -0.4 is 4.74 Å². The van der Waals surface area contributed by atoms with Crippen LogP contribution in [0, 0.1) is 18.6 Å². The van der Waals surface area contributed by atoms with Crippen LogP contribution in [-0.2, 0) is 6.61 Å². The number of ether oxygens (including phenoxy) is 1. The van der Waals surface area contributed by atoms with Gasteiger partial charge in [-0.25, -0.2) is 13.6 Å². The molecule has 0 saturated heterocycles. The van der Waals surface area contributed by atoms with Crippen molar-refractivity contribution in [1.29, 1.82) is 0 Å². The standard InChI is InChI=1S/C15H12F2O3/c1-9-4-10(15(18)19)2-3-11(9)8-20-14-6-12(16)5-13(17)7-14/h2-7H,8H2,1H3,(H,18,19). The predicted octanol–water partition coefficient (Wildman–Crippen LogP) is 3.55. The molecular formula is C15H12F2O3. The number of benzene rings is 2. The highest BCUT2D eigenvalue weighted by Gasteiger charge is 2.07. The molecule has 5 heteroatoms. The fourth-order valence-corrected chi connectivity index (χ4v) is 1.76. The quantitative estimate of drug-likeness (QED) is 0.930. The molecule has 0 atom stereocenters. The van der Waals surface area contributed by atoms with Crippen LogP contribution in [0.4, 0.5) is 8.78 Å². The molecule has 20 heavy (non-hydrogen) atoms. The Balaban J connectivity index is 2.12. The van der Waals surface area contributed by atoms with Crippen LogP contribution in [-0.4, -0.2) is 11.1 Å². The van der Waals surface area contributed by atoms with Crippen LogP contribution in [0.2, 0.25) is 0 Å². The average molecular weight is 278 g/mol. The number of carboxylic acids is 1. The van der Waals surface area contributed by atoms with Crippen LogP contribution in [0.15, 0.2) is 36.4 Å². The molecule has 2 aromatic carbocycles. The van der Waals surface area contributed by atoms with E-state index in [0.717, 1.165) is 29.3 Å². The van der Waals surface area contributed by atoms with Crippen molar-refractivity contribution in [3.8, 4) is 5.75 Å². The molecule has 0 aliphatic carbocycles. The van der Waals surface area contributed by atoms with Crippen LogP contribution in [0.3, 0.4) is 0 Å². The zero-order chi connectivity index (χ0) is 14.7. The summed E-state index contributed by atoms with van der Waals surface area (Å²) < 4.78 is 31.3. The summed E-state index contributed by atoms with van der Waals surface area (Å²) in [6, 6.07) is 7.54. The highest BCUT2D eigenvalue weighted by atomic mass is 19.1. The molecule has 0 aliphatic rings. The van der Waals surface area contributed by atoms with Crippen LogP contribution in [0.1, 0.15) is 21.5 Å². The first kappa shape index (κ1) is 14.0. The Morgan fingerprint density at radius 1 is 1.15 bits per heavy atom. The average Bonchev–Trinajstić information content (AvgIpc) is 2.36. The highest BCUT2D eigenvalue weighted by molar-refractivity contribution is 5.87. The summed E-state index contributed by atoms with van der Waals surface area (Å²) in [5, 5.41) is 8.85. The molecule has 0 saturated carbocycles. The van der Waals surface area contributed by atoms with Gasteiger partial charge in [0.25, 0.3) is 0 Å². The van der Waals surface area contributed by atoms with Crippen molar-refractivity contribution in [2.75, 3.05) is 0 Å². The first-order valence-corrected chi connectivity index (χ1v) is 5.87. The van der Waals surface area contributed by atoms with E-state index in [-0.39, 0.29) is 17.9 Å². The lowest BCUT2D eigenvalue weighted by Gasteiger charge is -2.09. The lowest BCUT2D eigenvalue weighted by atomic mass is 10.1. The Kier molecular flexibility index (Phi) is 3.98. The van der Waals surface area contributed by atoms with Gasteiger partial charge in [0.15, 0.2) is 0 Å². The number of aromatic carboxylic acids is 1. The van der Waals surface area contributed by atoms with Gasteiger partial charge in [-0.05, 0) is 30.2 Å². The lowest BCUT2D eigenvalue weighted by molar-refractivity contribution is 0.0696. The van der Waals surface area contributed by atoms with Gasteiger partial charge in [0.2, 0.25) is 0 Å². The molecule has 0 unspecified atom stereocenters. The smallest absolute Gasteiger partial charge is 0.335 e. The third-order valence-electron chi connectivity index (χ3n) is 2.82. The van der Waals surface area contributed by atoms with E-state index in [1.54, 1.807) is 13.0 Å². The van der Waals surface area contributed by atoms with Gasteiger partial charge in [0.1, 0.15) is 24.0 Å². The van der Waals surface area contributed by atoms with E-state index in [1.807, 2.05) is 0 Å². The Morgan fingerprint density at radius 2 is 1.80 bits per heavy atom. The summed E-state index contributed by atoms with van der Waals surface area (Å²) >= 11 is 0. The number of carbonyl (C=O) groups is 1. The summed E-state index contributed by atoms with van der Waals surface area (Å²) in [5.74, 6) is -2.34. The van der Waals surface area contributed by atoms with Crippen molar-refractivity contribution in [1.82, 2.24) is 0 Å². The van der Waals surface area contributed by atoms with Gasteiger partial charge in [-0.3, -0.25) is 0 Å². The van der Waals surface area contributed by atoms with Gasteiger partial charge < -0.3 is 9.84 Å². The summed E-state index contributed by atoms with van der Waals surface area (Å²) in [7, 11) is 0. The maximum absolute atomic E-state index is 13.0. The predicted molar refractivity (Wildman–Crippen MR) is 68.8 cm³/mol. The van der Waals surface area contributed by atoms with E-state index in [2.05, 4.69) is 0 Å². The number of aryl methyl sites for hydroxylation is 1. The molecule has 0 spiro atoms. The van der Waals surface area contributed by atoms with E-state index >= 15 is 0 Å². The molecule has 1 N–H and O–H groups in total. The minimum absolute atomic E-state index is 0.0872. The van der Waals surface area contributed by atoms with Crippen LogP contribution in [0.25, 0.3) is 0 Å². The molecule has 0 aliphatic heterocycles. The van der Waals surface area contributed by atoms with E-state index in [0.29, 0.717) is 0 Å². The minimum Gasteiger partial charge on any atom is -0.489 e. The molecule has 104 valence electrons. The first-order valence-electron chi connectivity index (χ1n) is 5.87. The summed E-state index contributed by atoms with van der Waals surface area (Å²) in [6.45, 7) is 1.85. The van der Waals surface area contributed by atoms with Gasteiger partial charge >= 0.3 is 5.97 Å². The first-order chi connectivity index (χ1) is 9.45. The van der Waals surface area contributed by atoms with Crippen molar-refractivity contribution in [3.05, 3.63) is 64.7 Å². The largest absolute Gasteiger partial charge is 0.489 e. The maximum atomic E-state index is 13.0. The van der Waals surface area contributed by atoms with Crippen molar-refractivity contribution in [3.63, 3.8) is 0 Å². The fraction of sp³-hybridized carbons (Fsp3) is 0.133. The zero-order valence-corrected chi connectivity index (χ0v) is 10.7. The number of carboxylic acid groups (broad SMARTS) is 1. The van der Waals surface area contributed by atoms with Gasteiger partial charge in [-0.15, -0.1) is 0 Å². The van der Waals surface area contributed by atoms with Crippen molar-refractivity contribution in [2.45, 2.75) is 13.5 Å². The van der Waals surface area contributed by atoms with Crippen molar-refractivity contribution >= 4 is 5.97 Å². The third-order valence-corrected chi connectivity index (χ3v) is 2.82. The Hall–Kier alpha value is -2.43. The van der Waals surface area contributed by atoms with Gasteiger partial charge in [-0.2, -0.15) is 0 Å². The van der Waals surface area contributed by atoms with Crippen LogP contribution in [0.5, 0.6) is 5.75 Å². The molecule has 0 aromatic heterocycles. The molecular weight excluding hydrogens is 266 g/mol. The molecule has 2 aromatic rings. The SMILES string of the molecule is Cc1cc(C(=O)O)ccc1COc1cc(F)cc(F)c1. The van der Waals surface area contributed by atoms with Gasteiger partial charge in [-0.1, -0.05) is 6.07 Å². The lowest BCUT2D eigenvalue weighted by Crippen LogP contribution is -2.02. The van der Waals surface area contributed by atoms with E-state index < -0.39 is 17.6 Å². The molecule has 0 amide bonds. The molecule has 2 rings (SSSR count). The monoisotopic (exact) mass is 278 g/mol. The van der Waals surface area contributed by atoms with Crippen LogP contribution >= 0.6 is 0 Å². The molecule has 0 heterocycles. The topological polar surface area (TPSA) is 46.5 Å². The number of hydrogen-bond acceptors (Lipinski definition) is 2. The van der Waals surface area contributed by atoms with E-state index in [1.165, 1.54) is 12.1 Å². The second-order valence-corrected chi connectivity index (χ2v) is 4.34. The number of halogens is 2. The van der Waals surface area contributed by atoms with E-state index in [9.17, 15) is 13.6 Å². The Morgan fingerprint density at radius 3 is 2.35 bits per heavy atom. The number of hydrogen-bond donors (Lipinski definition) is 1. The minimum atomic E-state index is -1.01.